The molecule has 4 unspecified atom stereocenters. The minimum atomic E-state index is 0.0378. The van der Waals surface area contributed by atoms with E-state index >= 15 is 0 Å². The summed E-state index contributed by atoms with van der Waals surface area (Å²) in [4.78, 5) is 0. The molecule has 0 N–H and O–H groups in total. The van der Waals surface area contributed by atoms with Crippen LogP contribution in [-0.2, 0) is 28.4 Å². The van der Waals surface area contributed by atoms with Crippen LogP contribution in [0.3, 0.4) is 0 Å². The number of hydrogen-bond acceptors (Lipinski definition) is 6. The van der Waals surface area contributed by atoms with Crippen molar-refractivity contribution in [2.24, 2.45) is 0 Å². The van der Waals surface area contributed by atoms with Gasteiger partial charge in [0, 0.05) is 0 Å². The van der Waals surface area contributed by atoms with Crippen LogP contribution in [0.1, 0.15) is 51.4 Å². The van der Waals surface area contributed by atoms with Gasteiger partial charge in [-0.1, -0.05) is 38.5 Å². The van der Waals surface area contributed by atoms with E-state index in [1.54, 1.807) is 0 Å². The van der Waals surface area contributed by atoms with Crippen LogP contribution in [0.2, 0.25) is 0 Å². The Kier molecular flexibility index (Phi) is 6.49. The van der Waals surface area contributed by atoms with Gasteiger partial charge in [0.2, 0.25) is 0 Å². The smallest absolute Gasteiger partial charge is 0.115 e. The highest BCUT2D eigenvalue weighted by molar-refractivity contribution is 4.93. The molecule has 0 amide bonds. The number of unbranched alkanes of at least 4 members (excludes halogenated alkanes) is 5. The molecule has 4 atom stereocenters. The summed E-state index contributed by atoms with van der Waals surface area (Å²) in [7, 11) is 0. The molecule has 0 aromatic carbocycles. The van der Waals surface area contributed by atoms with Gasteiger partial charge in [0.1, 0.15) is 23.4 Å². The standard InChI is InChI=1S/C20H34O6/c1(3-5-7-19(15-25-19)13-21-9-17-11-23-17)2-4-6-8-20(16-26-20)14-22-10-18-12-24-18/h17-18H,1-16H2. The van der Waals surface area contributed by atoms with E-state index in [9.17, 15) is 0 Å². The molecule has 0 aliphatic carbocycles. The summed E-state index contributed by atoms with van der Waals surface area (Å²) in [5.41, 5.74) is 0.0756. The van der Waals surface area contributed by atoms with Crippen LogP contribution in [0, 0.1) is 0 Å². The zero-order chi connectivity index (χ0) is 17.7. The van der Waals surface area contributed by atoms with Gasteiger partial charge >= 0.3 is 0 Å². The van der Waals surface area contributed by atoms with Crippen molar-refractivity contribution in [3.63, 3.8) is 0 Å². The Labute approximate surface area is 156 Å². The first-order valence-electron chi connectivity index (χ1n) is 10.4. The molecule has 150 valence electrons. The van der Waals surface area contributed by atoms with Gasteiger partial charge in [-0.15, -0.1) is 0 Å². The predicted molar refractivity (Wildman–Crippen MR) is 95.4 cm³/mol. The zero-order valence-corrected chi connectivity index (χ0v) is 15.9. The number of rotatable bonds is 17. The van der Waals surface area contributed by atoms with Gasteiger partial charge in [-0.2, -0.15) is 0 Å². The van der Waals surface area contributed by atoms with E-state index in [1.807, 2.05) is 0 Å². The third kappa shape index (κ3) is 6.73. The highest BCUT2D eigenvalue weighted by Gasteiger charge is 2.45. The van der Waals surface area contributed by atoms with Gasteiger partial charge in [0.05, 0.1) is 52.9 Å². The molecule has 4 fully saturated rings. The van der Waals surface area contributed by atoms with E-state index in [1.165, 1.54) is 38.5 Å². The molecule has 0 radical (unpaired) electrons. The second-order valence-corrected chi connectivity index (χ2v) is 8.51. The molecule has 0 saturated carbocycles. The summed E-state index contributed by atoms with van der Waals surface area (Å²) in [6.45, 7) is 6.41. The third-order valence-corrected chi connectivity index (χ3v) is 5.76. The molecular weight excluding hydrogens is 336 g/mol. The Morgan fingerprint density at radius 1 is 0.654 bits per heavy atom. The van der Waals surface area contributed by atoms with Gasteiger partial charge in [-0.3, -0.25) is 0 Å². The first kappa shape index (κ1) is 19.1. The Morgan fingerprint density at radius 3 is 1.38 bits per heavy atom. The number of epoxide rings is 4. The highest BCUT2D eigenvalue weighted by Crippen LogP contribution is 2.35. The summed E-state index contributed by atoms with van der Waals surface area (Å²) < 4.78 is 33.0. The quantitative estimate of drug-likeness (QED) is 0.289. The molecule has 6 nitrogen and oxygen atoms in total. The van der Waals surface area contributed by atoms with Crippen LogP contribution in [0.5, 0.6) is 0 Å². The molecule has 0 aromatic heterocycles. The minimum absolute atomic E-state index is 0.0378. The molecule has 4 rings (SSSR count). The second-order valence-electron chi connectivity index (χ2n) is 8.51. The molecule has 0 aromatic rings. The van der Waals surface area contributed by atoms with Gasteiger partial charge in [-0.25, -0.2) is 0 Å². The average Bonchev–Trinajstić information content (AvgIpc) is 3.47. The van der Waals surface area contributed by atoms with E-state index < -0.39 is 0 Å². The lowest BCUT2D eigenvalue weighted by Gasteiger charge is -2.12. The van der Waals surface area contributed by atoms with Crippen molar-refractivity contribution in [2.45, 2.75) is 74.8 Å². The molecule has 4 saturated heterocycles. The lowest BCUT2D eigenvalue weighted by molar-refractivity contribution is 0.0633. The van der Waals surface area contributed by atoms with Gasteiger partial charge in [0.15, 0.2) is 0 Å². The van der Waals surface area contributed by atoms with Crippen molar-refractivity contribution in [3.05, 3.63) is 0 Å². The largest absolute Gasteiger partial charge is 0.376 e. The maximum Gasteiger partial charge on any atom is 0.115 e. The van der Waals surface area contributed by atoms with Crippen molar-refractivity contribution in [3.8, 4) is 0 Å². The van der Waals surface area contributed by atoms with Crippen LogP contribution >= 0.6 is 0 Å². The van der Waals surface area contributed by atoms with Crippen LogP contribution in [0.4, 0.5) is 0 Å². The molecular formula is C20H34O6. The van der Waals surface area contributed by atoms with E-state index in [0.717, 1.165) is 65.7 Å². The Hall–Kier alpha value is -0.240. The monoisotopic (exact) mass is 370 g/mol. The summed E-state index contributed by atoms with van der Waals surface area (Å²) in [5.74, 6) is 0. The molecule has 26 heavy (non-hydrogen) atoms. The molecule has 0 bridgehead atoms. The van der Waals surface area contributed by atoms with Gasteiger partial charge < -0.3 is 28.4 Å². The summed E-state index contributed by atoms with van der Waals surface area (Å²) in [6.07, 6.45) is 10.7. The summed E-state index contributed by atoms with van der Waals surface area (Å²) in [6, 6.07) is 0. The maximum atomic E-state index is 5.70. The van der Waals surface area contributed by atoms with Gasteiger partial charge in [0.25, 0.3) is 0 Å². The van der Waals surface area contributed by atoms with E-state index in [0.29, 0.717) is 12.2 Å². The molecule has 6 heteroatoms. The third-order valence-electron chi connectivity index (χ3n) is 5.76. The van der Waals surface area contributed by atoms with E-state index in [4.69, 9.17) is 28.4 Å². The van der Waals surface area contributed by atoms with Crippen molar-refractivity contribution in [1.82, 2.24) is 0 Å². The van der Waals surface area contributed by atoms with Crippen molar-refractivity contribution < 1.29 is 28.4 Å². The highest BCUT2D eigenvalue weighted by atomic mass is 16.6. The first-order chi connectivity index (χ1) is 12.8. The van der Waals surface area contributed by atoms with Crippen LogP contribution in [0.15, 0.2) is 0 Å². The number of ether oxygens (including phenoxy) is 6. The van der Waals surface area contributed by atoms with Crippen molar-refractivity contribution >= 4 is 0 Å². The first-order valence-corrected chi connectivity index (χ1v) is 10.4. The lowest BCUT2D eigenvalue weighted by Crippen LogP contribution is -2.21. The predicted octanol–water partition coefficient (Wildman–Crippen LogP) is 2.48. The lowest BCUT2D eigenvalue weighted by atomic mass is 9.99. The Morgan fingerprint density at radius 2 is 1.04 bits per heavy atom. The molecule has 4 aliphatic heterocycles. The van der Waals surface area contributed by atoms with Crippen LogP contribution < -0.4 is 0 Å². The SMILES string of the molecule is C(CCCCC1(COCC2CO2)CO1)CCCC1(COCC2CO2)CO1. The minimum Gasteiger partial charge on any atom is -0.376 e. The fourth-order valence-corrected chi connectivity index (χ4v) is 3.49. The topological polar surface area (TPSA) is 68.6 Å². The summed E-state index contributed by atoms with van der Waals surface area (Å²) in [5, 5.41) is 0. The van der Waals surface area contributed by atoms with Crippen molar-refractivity contribution in [1.29, 1.82) is 0 Å². The fourth-order valence-electron chi connectivity index (χ4n) is 3.49. The normalized spacial score (nSPS) is 36.9. The average molecular weight is 370 g/mol. The molecule has 4 aliphatic rings. The summed E-state index contributed by atoms with van der Waals surface area (Å²) >= 11 is 0. The maximum absolute atomic E-state index is 5.70. The number of hydrogen-bond donors (Lipinski definition) is 0. The second kappa shape index (κ2) is 8.84. The Bertz CT molecular complexity index is 386. The van der Waals surface area contributed by atoms with Crippen LogP contribution in [-0.4, -0.2) is 76.3 Å². The molecule has 4 heterocycles. The van der Waals surface area contributed by atoms with E-state index in [2.05, 4.69) is 0 Å². The van der Waals surface area contributed by atoms with E-state index in [-0.39, 0.29) is 11.2 Å². The van der Waals surface area contributed by atoms with Gasteiger partial charge in [-0.05, 0) is 12.8 Å². The van der Waals surface area contributed by atoms with Crippen molar-refractivity contribution in [2.75, 3.05) is 52.9 Å². The molecule has 0 spiro atoms. The van der Waals surface area contributed by atoms with Crippen LogP contribution in [0.25, 0.3) is 0 Å². The Balaban J connectivity index is 0.938. The fraction of sp³-hybridized carbons (Fsp3) is 1.00. The zero-order valence-electron chi connectivity index (χ0n) is 15.9.